The number of nitrogens with one attached hydrogen (secondary N) is 1. The highest BCUT2D eigenvalue weighted by atomic mass is 19.1. The molecular formula is C18H17F2N5O. The fraction of sp³-hybridized carbons (Fsp3) is 0.0556. The van der Waals surface area contributed by atoms with E-state index in [0.29, 0.717) is 5.56 Å². The fourth-order valence-electron chi connectivity index (χ4n) is 2.51. The molecule has 8 heteroatoms. The number of nitrogens with zero attached hydrogens (tertiary/aromatic N) is 1. The van der Waals surface area contributed by atoms with Crippen LogP contribution in [0.2, 0.25) is 0 Å². The minimum Gasteiger partial charge on any atom is -0.486 e. The molecule has 7 N–H and O–H groups in total. The molecule has 0 saturated heterocycles. The molecule has 0 aliphatic heterocycles. The number of nitrogen functional groups attached to an aromatic ring is 3. The van der Waals surface area contributed by atoms with Crippen molar-refractivity contribution in [1.29, 1.82) is 0 Å². The summed E-state index contributed by atoms with van der Waals surface area (Å²) in [6, 6.07) is 12.0. The summed E-state index contributed by atoms with van der Waals surface area (Å²) in [4.78, 5) is 3.91. The second-order valence-corrected chi connectivity index (χ2v) is 5.53. The quantitative estimate of drug-likeness (QED) is 0.412. The Morgan fingerprint density at radius 3 is 2.54 bits per heavy atom. The maximum Gasteiger partial charge on any atom is 0.169 e. The molecule has 3 aromatic rings. The number of nitrogens with two attached hydrogens (primary N) is 3. The molecule has 134 valence electrons. The average Bonchev–Trinajstić information content (AvgIpc) is 2.63. The number of hydrazine groups is 1. The number of anilines is 3. The molecule has 0 aliphatic rings. The van der Waals surface area contributed by atoms with Crippen molar-refractivity contribution in [3.8, 4) is 16.9 Å². The maximum absolute atomic E-state index is 14.8. The monoisotopic (exact) mass is 357 g/mol. The van der Waals surface area contributed by atoms with Gasteiger partial charge in [-0.05, 0) is 17.7 Å². The number of hydrogen-bond acceptors (Lipinski definition) is 6. The van der Waals surface area contributed by atoms with Gasteiger partial charge in [0, 0.05) is 17.2 Å². The number of ether oxygens (including phenoxy) is 1. The van der Waals surface area contributed by atoms with Gasteiger partial charge < -0.3 is 21.6 Å². The van der Waals surface area contributed by atoms with Gasteiger partial charge in [-0.2, -0.15) is 0 Å². The second-order valence-electron chi connectivity index (χ2n) is 5.53. The molecule has 0 saturated carbocycles. The fourth-order valence-corrected chi connectivity index (χ4v) is 2.51. The first-order valence-electron chi connectivity index (χ1n) is 7.68. The molecule has 1 heterocycles. The smallest absolute Gasteiger partial charge is 0.169 e. The minimum atomic E-state index is -0.504. The molecular weight excluding hydrogens is 340 g/mol. The lowest BCUT2D eigenvalue weighted by atomic mass is 10.0. The van der Waals surface area contributed by atoms with E-state index in [4.69, 9.17) is 22.0 Å². The molecule has 0 aliphatic carbocycles. The third kappa shape index (κ3) is 3.50. The van der Waals surface area contributed by atoms with Gasteiger partial charge in [-0.1, -0.05) is 30.3 Å². The van der Waals surface area contributed by atoms with Crippen LogP contribution in [-0.2, 0) is 6.61 Å². The van der Waals surface area contributed by atoms with Crippen molar-refractivity contribution >= 4 is 17.3 Å². The van der Waals surface area contributed by atoms with E-state index in [9.17, 15) is 8.78 Å². The minimum absolute atomic E-state index is 0.105. The van der Waals surface area contributed by atoms with Gasteiger partial charge in [0.05, 0.1) is 0 Å². The van der Waals surface area contributed by atoms with Crippen LogP contribution in [0.25, 0.3) is 11.1 Å². The Morgan fingerprint density at radius 1 is 1.04 bits per heavy atom. The van der Waals surface area contributed by atoms with Crippen LogP contribution in [0.5, 0.6) is 5.75 Å². The highest BCUT2D eigenvalue weighted by Gasteiger charge is 2.13. The molecule has 0 spiro atoms. The Balaban J connectivity index is 1.88. The number of aromatic nitrogens is 1. The molecule has 1 aromatic heterocycles. The zero-order chi connectivity index (χ0) is 18.7. The summed E-state index contributed by atoms with van der Waals surface area (Å²) in [5.74, 6) is 4.91. The van der Waals surface area contributed by atoms with Crippen LogP contribution in [0, 0.1) is 11.6 Å². The van der Waals surface area contributed by atoms with Crippen molar-refractivity contribution in [1.82, 2.24) is 4.98 Å². The Morgan fingerprint density at radius 2 is 1.81 bits per heavy atom. The van der Waals surface area contributed by atoms with E-state index < -0.39 is 11.6 Å². The number of hydrogen-bond donors (Lipinski definition) is 4. The van der Waals surface area contributed by atoms with Crippen LogP contribution >= 0.6 is 0 Å². The number of rotatable bonds is 5. The van der Waals surface area contributed by atoms with Gasteiger partial charge >= 0.3 is 0 Å². The van der Waals surface area contributed by atoms with E-state index in [2.05, 4.69) is 10.4 Å². The summed E-state index contributed by atoms with van der Waals surface area (Å²) >= 11 is 0. The van der Waals surface area contributed by atoms with E-state index in [1.165, 1.54) is 24.3 Å². The molecule has 0 unspecified atom stereocenters. The average molecular weight is 357 g/mol. The molecule has 0 atom stereocenters. The lowest BCUT2D eigenvalue weighted by Crippen LogP contribution is -2.13. The summed E-state index contributed by atoms with van der Waals surface area (Å²) in [5, 5.41) is 0. The van der Waals surface area contributed by atoms with Crippen LogP contribution in [0.3, 0.4) is 0 Å². The second kappa shape index (κ2) is 7.24. The zero-order valence-electron chi connectivity index (χ0n) is 13.7. The van der Waals surface area contributed by atoms with Crippen LogP contribution in [0.15, 0.2) is 48.5 Å². The van der Waals surface area contributed by atoms with E-state index in [1.54, 1.807) is 24.3 Å². The third-order valence-electron chi connectivity index (χ3n) is 3.77. The molecule has 26 heavy (non-hydrogen) atoms. The number of halogens is 2. The summed E-state index contributed by atoms with van der Waals surface area (Å²) in [6.07, 6.45) is 0. The summed E-state index contributed by atoms with van der Waals surface area (Å²) in [5.41, 5.74) is 15.0. The molecule has 0 radical (unpaired) electrons. The first-order chi connectivity index (χ1) is 12.5. The SMILES string of the molecule is NNc1nc(N)cc(OCc2cccc(-c3cccc(F)c3)c2F)c1N. The molecule has 2 aromatic carbocycles. The molecule has 0 amide bonds. The standard InChI is InChI=1S/C18H17F2N5O/c19-12-5-1-3-10(7-12)13-6-2-4-11(16(13)20)9-26-14-8-15(21)24-18(25-23)17(14)22/h1-8H,9,22-23H2,(H3,21,24,25). The third-order valence-corrected chi connectivity index (χ3v) is 3.77. The van der Waals surface area contributed by atoms with Gasteiger partial charge in [0.1, 0.15) is 35.5 Å². The van der Waals surface area contributed by atoms with Crippen molar-refractivity contribution in [3.05, 3.63) is 65.7 Å². The van der Waals surface area contributed by atoms with Gasteiger partial charge in [0.25, 0.3) is 0 Å². The highest BCUT2D eigenvalue weighted by molar-refractivity contribution is 5.71. The molecule has 0 fully saturated rings. The Labute approximate surface area is 148 Å². The lowest BCUT2D eigenvalue weighted by Gasteiger charge is -2.14. The Hall–Kier alpha value is -3.39. The van der Waals surface area contributed by atoms with E-state index in [1.807, 2.05) is 0 Å². The van der Waals surface area contributed by atoms with Crippen molar-refractivity contribution in [3.63, 3.8) is 0 Å². The Bertz CT molecular complexity index is 949. The first-order valence-corrected chi connectivity index (χ1v) is 7.68. The van der Waals surface area contributed by atoms with E-state index in [-0.39, 0.29) is 40.8 Å². The summed E-state index contributed by atoms with van der Waals surface area (Å²) in [6.45, 7) is -0.105. The van der Waals surface area contributed by atoms with Crippen molar-refractivity contribution in [2.45, 2.75) is 6.61 Å². The van der Waals surface area contributed by atoms with E-state index in [0.717, 1.165) is 0 Å². The van der Waals surface area contributed by atoms with Crippen LogP contribution in [0.1, 0.15) is 5.56 Å². The van der Waals surface area contributed by atoms with Crippen molar-refractivity contribution in [2.75, 3.05) is 16.9 Å². The lowest BCUT2D eigenvalue weighted by molar-refractivity contribution is 0.302. The number of pyridine rings is 1. The largest absolute Gasteiger partial charge is 0.486 e. The van der Waals surface area contributed by atoms with Crippen molar-refractivity contribution < 1.29 is 13.5 Å². The van der Waals surface area contributed by atoms with Crippen molar-refractivity contribution in [2.24, 2.45) is 5.84 Å². The van der Waals surface area contributed by atoms with Crippen LogP contribution in [0.4, 0.5) is 26.1 Å². The number of benzene rings is 2. The van der Waals surface area contributed by atoms with Gasteiger partial charge in [-0.15, -0.1) is 0 Å². The van der Waals surface area contributed by atoms with Gasteiger partial charge in [-0.3, -0.25) is 0 Å². The summed E-state index contributed by atoms with van der Waals surface area (Å²) < 4.78 is 33.8. The first kappa shape index (κ1) is 17.4. The maximum atomic E-state index is 14.8. The van der Waals surface area contributed by atoms with Gasteiger partial charge in [0.2, 0.25) is 0 Å². The molecule has 6 nitrogen and oxygen atoms in total. The molecule has 3 rings (SSSR count). The molecule has 0 bridgehead atoms. The predicted molar refractivity (Wildman–Crippen MR) is 97.0 cm³/mol. The van der Waals surface area contributed by atoms with Crippen LogP contribution < -0.4 is 27.5 Å². The van der Waals surface area contributed by atoms with Gasteiger partial charge in [-0.25, -0.2) is 19.6 Å². The van der Waals surface area contributed by atoms with Crippen LogP contribution in [-0.4, -0.2) is 4.98 Å². The summed E-state index contributed by atoms with van der Waals surface area (Å²) in [7, 11) is 0. The Kier molecular flexibility index (Phi) is 4.85. The highest BCUT2D eigenvalue weighted by Crippen LogP contribution is 2.31. The predicted octanol–water partition coefficient (Wildman–Crippen LogP) is 3.06. The van der Waals surface area contributed by atoms with Gasteiger partial charge in [0.15, 0.2) is 5.82 Å². The normalized spacial score (nSPS) is 10.6. The van der Waals surface area contributed by atoms with E-state index >= 15 is 0 Å². The topological polar surface area (TPSA) is 112 Å². The zero-order valence-corrected chi connectivity index (χ0v) is 13.7.